The fourth-order valence-electron chi connectivity index (χ4n) is 3.70. The summed E-state index contributed by atoms with van der Waals surface area (Å²) in [5.41, 5.74) is 5.39. The summed E-state index contributed by atoms with van der Waals surface area (Å²) in [5.74, 6) is 0.761. The van der Waals surface area contributed by atoms with Crippen LogP contribution in [0.25, 0.3) is 22.5 Å². The molecule has 0 saturated carbocycles. The predicted octanol–water partition coefficient (Wildman–Crippen LogP) is 4.34. The van der Waals surface area contributed by atoms with Crippen molar-refractivity contribution in [1.82, 2.24) is 14.8 Å². The minimum Gasteiger partial charge on any atom is -0.490 e. The molecule has 4 rings (SSSR count). The van der Waals surface area contributed by atoms with E-state index in [1.165, 1.54) is 4.68 Å². The Morgan fingerprint density at radius 3 is 2.06 bits per heavy atom. The van der Waals surface area contributed by atoms with E-state index in [0.29, 0.717) is 11.4 Å². The molecule has 6 nitrogen and oxygen atoms in total. The molecule has 0 aliphatic rings. The normalized spacial score (nSPS) is 11.9. The van der Waals surface area contributed by atoms with Crippen LogP contribution in [-0.2, 0) is 6.54 Å². The molecule has 0 fully saturated rings. The maximum absolute atomic E-state index is 12.8. The molecule has 0 aliphatic heterocycles. The van der Waals surface area contributed by atoms with Crippen LogP contribution in [0.15, 0.2) is 77.6 Å². The molecule has 1 unspecified atom stereocenters. The van der Waals surface area contributed by atoms with E-state index in [4.69, 9.17) is 4.74 Å². The van der Waals surface area contributed by atoms with Crippen LogP contribution in [0.3, 0.4) is 0 Å². The molecule has 1 heterocycles. The fraction of sp³-hybridized carbons (Fsp3) is 0.222. The van der Waals surface area contributed by atoms with Gasteiger partial charge in [-0.25, -0.2) is 9.48 Å². The fourth-order valence-corrected chi connectivity index (χ4v) is 3.70. The largest absolute Gasteiger partial charge is 0.490 e. The number of hydrogen-bond acceptors (Lipinski definition) is 5. The van der Waals surface area contributed by atoms with Gasteiger partial charge in [0.15, 0.2) is 0 Å². The predicted molar refractivity (Wildman–Crippen MR) is 129 cm³/mol. The number of ether oxygens (including phenoxy) is 1. The molecule has 33 heavy (non-hydrogen) atoms. The lowest BCUT2D eigenvalue weighted by Gasteiger charge is -2.18. The van der Waals surface area contributed by atoms with Gasteiger partial charge in [0.05, 0.1) is 6.54 Å². The monoisotopic (exact) mass is 441 g/mol. The molecule has 1 N–H and O–H groups in total. The third-order valence-corrected chi connectivity index (χ3v) is 5.65. The Kier molecular flexibility index (Phi) is 6.66. The van der Waals surface area contributed by atoms with E-state index in [1.807, 2.05) is 93.6 Å². The summed E-state index contributed by atoms with van der Waals surface area (Å²) in [7, 11) is 0. The van der Waals surface area contributed by atoms with Crippen molar-refractivity contribution in [2.45, 2.75) is 33.4 Å². The Hall–Kier alpha value is -3.77. The van der Waals surface area contributed by atoms with Crippen LogP contribution in [0.2, 0.25) is 0 Å². The minimum absolute atomic E-state index is 0.0232. The van der Waals surface area contributed by atoms with Gasteiger partial charge in [-0.3, -0.25) is 0 Å². The first-order valence-corrected chi connectivity index (χ1v) is 10.9. The number of aryl methyl sites for hydroxylation is 2. The van der Waals surface area contributed by atoms with E-state index >= 15 is 0 Å². The molecule has 0 aliphatic carbocycles. The van der Waals surface area contributed by atoms with Crippen LogP contribution in [0.1, 0.15) is 16.7 Å². The summed E-state index contributed by atoms with van der Waals surface area (Å²) >= 11 is 0. The van der Waals surface area contributed by atoms with Crippen LogP contribution in [-0.4, -0.2) is 32.6 Å². The van der Waals surface area contributed by atoms with Crippen LogP contribution >= 0.6 is 0 Å². The summed E-state index contributed by atoms with van der Waals surface area (Å²) in [6.07, 6.45) is -0.928. The highest BCUT2D eigenvalue weighted by molar-refractivity contribution is 5.77. The smallest absolute Gasteiger partial charge is 0.364 e. The number of aliphatic hydroxyl groups is 1. The van der Waals surface area contributed by atoms with E-state index in [2.05, 4.69) is 10.1 Å². The highest BCUT2D eigenvalue weighted by atomic mass is 16.5. The van der Waals surface area contributed by atoms with E-state index in [9.17, 15) is 9.90 Å². The van der Waals surface area contributed by atoms with E-state index in [-0.39, 0.29) is 13.2 Å². The van der Waals surface area contributed by atoms with Gasteiger partial charge < -0.3 is 9.84 Å². The average Bonchev–Trinajstić information content (AvgIpc) is 2.83. The van der Waals surface area contributed by atoms with Gasteiger partial charge in [-0.1, -0.05) is 72.8 Å². The highest BCUT2D eigenvalue weighted by Crippen LogP contribution is 2.28. The van der Waals surface area contributed by atoms with Crippen LogP contribution < -0.4 is 10.4 Å². The Morgan fingerprint density at radius 2 is 1.42 bits per heavy atom. The van der Waals surface area contributed by atoms with Crippen LogP contribution in [0.4, 0.5) is 0 Å². The molecule has 0 spiro atoms. The van der Waals surface area contributed by atoms with Crippen molar-refractivity contribution in [2.24, 2.45) is 0 Å². The third-order valence-electron chi connectivity index (χ3n) is 5.65. The molecule has 1 atom stereocenters. The second kappa shape index (κ2) is 9.79. The summed E-state index contributed by atoms with van der Waals surface area (Å²) in [4.78, 5) is 17.1. The van der Waals surface area contributed by atoms with Gasteiger partial charge >= 0.3 is 5.69 Å². The molecule has 1 aromatic heterocycles. The van der Waals surface area contributed by atoms with Crippen molar-refractivity contribution in [3.8, 4) is 28.3 Å². The van der Waals surface area contributed by atoms with Crippen LogP contribution in [0, 0.1) is 20.8 Å². The van der Waals surface area contributed by atoms with Crippen molar-refractivity contribution in [3.05, 3.63) is 100.0 Å². The number of aromatic nitrogens is 3. The Balaban J connectivity index is 1.62. The van der Waals surface area contributed by atoms with Crippen molar-refractivity contribution < 1.29 is 9.84 Å². The average molecular weight is 442 g/mol. The maximum atomic E-state index is 12.8. The molecule has 0 bridgehead atoms. The molecule has 6 heteroatoms. The van der Waals surface area contributed by atoms with Crippen LogP contribution in [0.5, 0.6) is 5.75 Å². The van der Waals surface area contributed by atoms with Crippen molar-refractivity contribution in [1.29, 1.82) is 0 Å². The first-order valence-electron chi connectivity index (χ1n) is 10.9. The first-order chi connectivity index (χ1) is 15.9. The molecule has 4 aromatic rings. The second-order valence-electron chi connectivity index (χ2n) is 8.12. The van der Waals surface area contributed by atoms with Crippen molar-refractivity contribution in [3.63, 3.8) is 0 Å². The zero-order chi connectivity index (χ0) is 23.4. The number of nitrogens with zero attached hydrogens (tertiary/aromatic N) is 3. The van der Waals surface area contributed by atoms with E-state index in [0.717, 1.165) is 33.6 Å². The Labute approximate surface area is 193 Å². The molecule has 0 saturated heterocycles. The highest BCUT2D eigenvalue weighted by Gasteiger charge is 2.17. The lowest BCUT2D eigenvalue weighted by molar-refractivity contribution is 0.0869. The zero-order valence-electron chi connectivity index (χ0n) is 19.0. The molecule has 0 radical (unpaired) electrons. The van der Waals surface area contributed by atoms with Gasteiger partial charge in [0.1, 0.15) is 29.8 Å². The van der Waals surface area contributed by atoms with E-state index < -0.39 is 11.8 Å². The molecule has 168 valence electrons. The lowest BCUT2D eigenvalue weighted by Crippen LogP contribution is -2.34. The molecule has 0 amide bonds. The summed E-state index contributed by atoms with van der Waals surface area (Å²) < 4.78 is 7.12. The first kappa shape index (κ1) is 22.4. The van der Waals surface area contributed by atoms with Gasteiger partial charge in [0, 0.05) is 11.1 Å². The van der Waals surface area contributed by atoms with Gasteiger partial charge in [-0.15, -0.1) is 0 Å². The standard InChI is InChI=1S/C27H27N3O3/c1-18-14-15-19(2)26(20(18)3)33-17-23(31)16-30-27(32)28-24(21-10-6-4-7-11-21)25(29-30)22-12-8-5-9-13-22/h4-15,23,31H,16-17H2,1-3H3. The van der Waals surface area contributed by atoms with E-state index in [1.54, 1.807) is 0 Å². The lowest BCUT2D eigenvalue weighted by atomic mass is 10.0. The second-order valence-corrected chi connectivity index (χ2v) is 8.12. The number of benzene rings is 3. The number of hydrogen-bond donors (Lipinski definition) is 1. The zero-order valence-corrected chi connectivity index (χ0v) is 19.0. The topological polar surface area (TPSA) is 77.2 Å². The maximum Gasteiger partial charge on any atom is 0.364 e. The third kappa shape index (κ3) is 5.02. The van der Waals surface area contributed by atoms with Crippen molar-refractivity contribution >= 4 is 0 Å². The Morgan fingerprint density at radius 1 is 0.848 bits per heavy atom. The minimum atomic E-state index is -0.928. The summed E-state index contributed by atoms with van der Waals surface area (Å²) in [6.45, 7) is 6.00. The van der Waals surface area contributed by atoms with Gasteiger partial charge in [-0.2, -0.15) is 10.1 Å². The molecule has 3 aromatic carbocycles. The molecular weight excluding hydrogens is 414 g/mol. The molecular formula is C27H27N3O3. The SMILES string of the molecule is Cc1ccc(C)c(OCC(O)Cn2nc(-c3ccccc3)c(-c3ccccc3)nc2=O)c1C. The van der Waals surface area contributed by atoms with Gasteiger partial charge in [-0.05, 0) is 37.5 Å². The summed E-state index contributed by atoms with van der Waals surface area (Å²) in [5, 5.41) is 15.2. The summed E-state index contributed by atoms with van der Waals surface area (Å²) in [6, 6.07) is 23.1. The number of aliphatic hydroxyl groups excluding tert-OH is 1. The quantitative estimate of drug-likeness (QED) is 0.462. The van der Waals surface area contributed by atoms with Gasteiger partial charge in [0.25, 0.3) is 0 Å². The number of rotatable bonds is 7. The van der Waals surface area contributed by atoms with Crippen molar-refractivity contribution in [2.75, 3.05) is 6.61 Å². The van der Waals surface area contributed by atoms with Gasteiger partial charge in [0.2, 0.25) is 0 Å². The Bertz CT molecular complexity index is 1300.